The van der Waals surface area contributed by atoms with Crippen molar-refractivity contribution in [3.8, 4) is 5.88 Å². The summed E-state index contributed by atoms with van der Waals surface area (Å²) in [4.78, 5) is 11.6. The van der Waals surface area contributed by atoms with Gasteiger partial charge < -0.3 is 20.1 Å². The molecule has 0 spiro atoms. The largest absolute Gasteiger partial charge is 0.492 e. The molecule has 2 aromatic rings. The van der Waals surface area contributed by atoms with Crippen molar-refractivity contribution in [2.24, 2.45) is 5.92 Å². The highest BCUT2D eigenvalue weighted by Gasteiger charge is 2.53. The van der Waals surface area contributed by atoms with Gasteiger partial charge in [0.25, 0.3) is 0 Å². The van der Waals surface area contributed by atoms with Gasteiger partial charge in [-0.3, -0.25) is 4.57 Å². The van der Waals surface area contributed by atoms with Crippen LogP contribution in [0.5, 0.6) is 5.88 Å². The lowest BCUT2D eigenvalue weighted by molar-refractivity contribution is -0.136. The third-order valence-electron chi connectivity index (χ3n) is 3.95. The van der Waals surface area contributed by atoms with Gasteiger partial charge in [-0.2, -0.15) is 4.98 Å². The second-order valence-electron chi connectivity index (χ2n) is 5.19. The minimum atomic E-state index is -1.66. The molecular formula is C12H15FN4O4. The topological polar surface area (TPSA) is 114 Å². The Kier molecular flexibility index (Phi) is 3.27. The summed E-state index contributed by atoms with van der Waals surface area (Å²) in [6.45, 7) is 0.0199. The Bertz CT molecular complexity index is 660. The normalized spacial score (nSPS) is 32.9. The summed E-state index contributed by atoms with van der Waals surface area (Å²) in [6.07, 6.45) is 0.603. The molecule has 2 aromatic heterocycles. The molecule has 21 heavy (non-hydrogen) atoms. The van der Waals surface area contributed by atoms with Gasteiger partial charge in [0.05, 0.1) is 19.0 Å². The molecule has 0 aromatic carbocycles. The van der Waals surface area contributed by atoms with Crippen LogP contribution in [0.3, 0.4) is 0 Å². The van der Waals surface area contributed by atoms with Crippen molar-refractivity contribution in [3.05, 3.63) is 12.7 Å². The Hall–Kier alpha value is -1.84. The van der Waals surface area contributed by atoms with Crippen molar-refractivity contribution >= 4 is 11.2 Å². The van der Waals surface area contributed by atoms with Crippen molar-refractivity contribution in [1.29, 1.82) is 0 Å². The molecule has 4 atom stereocenters. The molecule has 0 bridgehead atoms. The molecule has 0 unspecified atom stereocenters. The van der Waals surface area contributed by atoms with Gasteiger partial charge in [0.15, 0.2) is 11.2 Å². The van der Waals surface area contributed by atoms with E-state index in [4.69, 9.17) is 4.74 Å². The fourth-order valence-corrected chi connectivity index (χ4v) is 2.67. The van der Waals surface area contributed by atoms with E-state index in [2.05, 4.69) is 15.0 Å². The zero-order valence-corrected chi connectivity index (χ0v) is 11.2. The molecule has 9 heteroatoms. The summed E-state index contributed by atoms with van der Waals surface area (Å²) in [5, 5.41) is 29.1. The number of hydrogen-bond acceptors (Lipinski definition) is 7. The van der Waals surface area contributed by atoms with Crippen molar-refractivity contribution in [1.82, 2.24) is 19.5 Å². The van der Waals surface area contributed by atoms with Gasteiger partial charge in [0.2, 0.25) is 5.88 Å². The minimum Gasteiger partial charge on any atom is -0.492 e. The zero-order chi connectivity index (χ0) is 15.2. The van der Waals surface area contributed by atoms with E-state index in [1.165, 1.54) is 17.2 Å². The fraction of sp³-hybridized carbons (Fsp3) is 0.583. The molecule has 1 fully saturated rings. The van der Waals surface area contributed by atoms with Crippen LogP contribution in [0.2, 0.25) is 0 Å². The average molecular weight is 298 g/mol. The van der Waals surface area contributed by atoms with Crippen LogP contribution < -0.4 is 0 Å². The van der Waals surface area contributed by atoms with Gasteiger partial charge in [-0.05, 0) is 0 Å². The molecule has 3 rings (SSSR count). The SMILES string of the molecule is C[C@@H]1[C@H](n2cnc3c(O)ncnc32)O[C@@](CO)(CF)[C@H]1O. The maximum Gasteiger partial charge on any atom is 0.242 e. The van der Waals surface area contributed by atoms with Gasteiger partial charge in [-0.15, -0.1) is 0 Å². The lowest BCUT2D eigenvalue weighted by atomic mass is 9.92. The molecule has 1 aliphatic rings. The second-order valence-corrected chi connectivity index (χ2v) is 5.19. The number of halogens is 1. The van der Waals surface area contributed by atoms with E-state index in [9.17, 15) is 19.7 Å². The third-order valence-corrected chi connectivity index (χ3v) is 3.95. The van der Waals surface area contributed by atoms with Gasteiger partial charge in [0.1, 0.15) is 24.8 Å². The third kappa shape index (κ3) is 1.88. The smallest absolute Gasteiger partial charge is 0.242 e. The van der Waals surface area contributed by atoms with E-state index in [-0.39, 0.29) is 11.4 Å². The van der Waals surface area contributed by atoms with Crippen LogP contribution in [-0.4, -0.2) is 59.8 Å². The van der Waals surface area contributed by atoms with Gasteiger partial charge in [-0.25, -0.2) is 14.4 Å². The lowest BCUT2D eigenvalue weighted by Gasteiger charge is -2.26. The number of alkyl halides is 1. The van der Waals surface area contributed by atoms with Gasteiger partial charge in [-0.1, -0.05) is 6.92 Å². The van der Waals surface area contributed by atoms with E-state index in [1.807, 2.05) is 0 Å². The lowest BCUT2D eigenvalue weighted by Crippen LogP contribution is -2.46. The Balaban J connectivity index is 2.06. The first-order valence-corrected chi connectivity index (χ1v) is 6.43. The van der Waals surface area contributed by atoms with E-state index < -0.39 is 37.1 Å². The predicted molar refractivity (Wildman–Crippen MR) is 68.1 cm³/mol. The monoisotopic (exact) mass is 298 g/mol. The second kappa shape index (κ2) is 4.86. The number of rotatable bonds is 3. The molecule has 0 aliphatic carbocycles. The molecule has 0 saturated carbocycles. The predicted octanol–water partition coefficient (Wildman–Crippen LogP) is -0.242. The summed E-state index contributed by atoms with van der Waals surface area (Å²) in [5.41, 5.74) is -1.17. The van der Waals surface area contributed by atoms with E-state index in [1.54, 1.807) is 6.92 Å². The maximum absolute atomic E-state index is 13.2. The summed E-state index contributed by atoms with van der Waals surface area (Å²) in [6, 6.07) is 0. The first-order valence-electron chi connectivity index (χ1n) is 6.43. The summed E-state index contributed by atoms with van der Waals surface area (Å²) >= 11 is 0. The highest BCUT2D eigenvalue weighted by Crippen LogP contribution is 2.42. The Morgan fingerprint density at radius 3 is 2.81 bits per heavy atom. The number of hydrogen-bond donors (Lipinski definition) is 3. The fourth-order valence-electron chi connectivity index (χ4n) is 2.67. The quantitative estimate of drug-likeness (QED) is 0.716. The minimum absolute atomic E-state index is 0.185. The van der Waals surface area contributed by atoms with Crippen molar-refractivity contribution in [2.45, 2.75) is 24.9 Å². The molecule has 114 valence electrons. The number of fused-ring (bicyclic) bond motifs is 1. The standard InChI is InChI=1S/C12H15FN4O4/c1-6-8(19)12(2-13,3-18)21-11(6)17-5-16-7-9(17)14-4-15-10(7)20/h4-6,8,11,18-19H,2-3H2,1H3,(H,14,15,20)/t6-,8-,11+,12+/m0/s1. The Labute approximate surface area is 118 Å². The average Bonchev–Trinajstić information content (AvgIpc) is 3.02. The number of aliphatic hydroxyl groups is 2. The van der Waals surface area contributed by atoms with Gasteiger partial charge in [0, 0.05) is 5.92 Å². The Morgan fingerprint density at radius 1 is 1.43 bits per heavy atom. The van der Waals surface area contributed by atoms with Crippen LogP contribution >= 0.6 is 0 Å². The van der Waals surface area contributed by atoms with Crippen LogP contribution in [0.15, 0.2) is 12.7 Å². The van der Waals surface area contributed by atoms with Crippen LogP contribution in [0.1, 0.15) is 13.2 Å². The van der Waals surface area contributed by atoms with Crippen LogP contribution in [0, 0.1) is 5.92 Å². The number of imidazole rings is 1. The van der Waals surface area contributed by atoms with Crippen LogP contribution in [0.4, 0.5) is 4.39 Å². The van der Waals surface area contributed by atoms with Crippen LogP contribution in [-0.2, 0) is 4.74 Å². The molecule has 3 heterocycles. The molecule has 8 nitrogen and oxygen atoms in total. The van der Waals surface area contributed by atoms with Crippen molar-refractivity contribution < 1.29 is 24.4 Å². The highest BCUT2D eigenvalue weighted by atomic mass is 19.1. The maximum atomic E-state index is 13.2. The summed E-state index contributed by atoms with van der Waals surface area (Å²) in [7, 11) is 0. The molecule has 0 amide bonds. The molecule has 1 aliphatic heterocycles. The van der Waals surface area contributed by atoms with E-state index in [0.29, 0.717) is 5.65 Å². The molecule has 1 saturated heterocycles. The van der Waals surface area contributed by atoms with Crippen molar-refractivity contribution in [2.75, 3.05) is 13.3 Å². The number of ether oxygens (including phenoxy) is 1. The number of aromatic nitrogens is 4. The van der Waals surface area contributed by atoms with Crippen LogP contribution in [0.25, 0.3) is 11.2 Å². The highest BCUT2D eigenvalue weighted by molar-refractivity contribution is 5.75. The summed E-state index contributed by atoms with van der Waals surface area (Å²) < 4.78 is 20.3. The van der Waals surface area contributed by atoms with E-state index in [0.717, 1.165) is 0 Å². The number of aromatic hydroxyl groups is 1. The van der Waals surface area contributed by atoms with Gasteiger partial charge >= 0.3 is 0 Å². The molecular weight excluding hydrogens is 283 g/mol. The number of nitrogens with zero attached hydrogens (tertiary/aromatic N) is 4. The Morgan fingerprint density at radius 2 is 2.19 bits per heavy atom. The first-order chi connectivity index (χ1) is 10.0. The molecule has 0 radical (unpaired) electrons. The zero-order valence-electron chi connectivity index (χ0n) is 11.2. The molecule has 3 N–H and O–H groups in total. The number of aliphatic hydroxyl groups excluding tert-OH is 2. The summed E-state index contributed by atoms with van der Waals surface area (Å²) in [5.74, 6) is -0.772. The van der Waals surface area contributed by atoms with E-state index >= 15 is 0 Å². The van der Waals surface area contributed by atoms with Crippen molar-refractivity contribution in [3.63, 3.8) is 0 Å². The first kappa shape index (κ1) is 14.1.